The van der Waals surface area contributed by atoms with Crippen LogP contribution in [-0.2, 0) is 0 Å². The molecule has 0 unspecified atom stereocenters. The summed E-state index contributed by atoms with van der Waals surface area (Å²) in [6.07, 6.45) is 0. The van der Waals surface area contributed by atoms with Crippen LogP contribution >= 0.6 is 34.8 Å². The Morgan fingerprint density at radius 2 is 1.93 bits per heavy atom. The topological polar surface area (TPSA) is 43.6 Å². The molecule has 2 rings (SSSR count). The maximum absolute atomic E-state index is 5.95. The summed E-state index contributed by atoms with van der Waals surface area (Å²) in [5, 5.41) is 11.5. The number of benzene rings is 1. The number of halogens is 3. The molecular weight excluding hydrogens is 246 g/mol. The molecule has 0 aliphatic rings. The standard InChI is InChI=1S/C7H3Cl3N4/c8-4-2-1-3-5(6(4)9)14-7(10)11-12-13-14/h1-3H. The Bertz CT molecular complexity index is 468. The van der Waals surface area contributed by atoms with Crippen molar-refractivity contribution in [3.8, 4) is 5.69 Å². The smallest absolute Gasteiger partial charge is 0.182 e. The molecule has 0 aliphatic carbocycles. The maximum atomic E-state index is 5.95. The highest BCUT2D eigenvalue weighted by atomic mass is 35.5. The molecule has 0 amide bonds. The molecule has 1 aromatic carbocycles. The molecule has 72 valence electrons. The van der Waals surface area contributed by atoms with Gasteiger partial charge in [0.15, 0.2) is 0 Å². The van der Waals surface area contributed by atoms with Crippen molar-refractivity contribution in [1.29, 1.82) is 0 Å². The van der Waals surface area contributed by atoms with Crippen molar-refractivity contribution in [1.82, 2.24) is 20.2 Å². The highest BCUT2D eigenvalue weighted by Gasteiger charge is 2.10. The zero-order valence-electron chi connectivity index (χ0n) is 6.65. The molecule has 0 bridgehead atoms. The molecule has 0 N–H and O–H groups in total. The van der Waals surface area contributed by atoms with Gasteiger partial charge in [0.25, 0.3) is 0 Å². The second-order valence-corrected chi connectivity index (χ2v) is 3.56. The predicted molar refractivity (Wildman–Crippen MR) is 54.2 cm³/mol. The average Bonchev–Trinajstić information content (AvgIpc) is 2.57. The number of tetrazole rings is 1. The fraction of sp³-hybridized carbons (Fsp3) is 0. The monoisotopic (exact) mass is 248 g/mol. The minimum absolute atomic E-state index is 0.133. The van der Waals surface area contributed by atoms with Crippen molar-refractivity contribution in [2.24, 2.45) is 0 Å². The van der Waals surface area contributed by atoms with E-state index < -0.39 is 0 Å². The molecule has 0 fully saturated rings. The molecule has 0 saturated carbocycles. The largest absolute Gasteiger partial charge is 0.248 e. The normalized spacial score (nSPS) is 10.5. The van der Waals surface area contributed by atoms with E-state index >= 15 is 0 Å². The van der Waals surface area contributed by atoms with Crippen molar-refractivity contribution >= 4 is 34.8 Å². The third-order valence-corrected chi connectivity index (χ3v) is 2.64. The van der Waals surface area contributed by atoms with Gasteiger partial charge in [0.2, 0.25) is 5.28 Å². The summed E-state index contributed by atoms with van der Waals surface area (Å²) >= 11 is 17.5. The third kappa shape index (κ3) is 1.56. The van der Waals surface area contributed by atoms with Crippen LogP contribution in [0.4, 0.5) is 0 Å². The quantitative estimate of drug-likeness (QED) is 0.780. The Morgan fingerprint density at radius 3 is 2.57 bits per heavy atom. The first-order valence-corrected chi connectivity index (χ1v) is 4.72. The number of aromatic nitrogens is 4. The van der Waals surface area contributed by atoms with E-state index in [0.717, 1.165) is 0 Å². The van der Waals surface area contributed by atoms with Crippen LogP contribution in [0, 0.1) is 0 Å². The second-order valence-electron chi connectivity index (χ2n) is 2.43. The van der Waals surface area contributed by atoms with E-state index in [0.29, 0.717) is 15.7 Å². The molecule has 0 spiro atoms. The van der Waals surface area contributed by atoms with Crippen LogP contribution in [0.15, 0.2) is 18.2 Å². The van der Waals surface area contributed by atoms with E-state index in [2.05, 4.69) is 15.5 Å². The average molecular weight is 249 g/mol. The molecule has 7 heteroatoms. The van der Waals surface area contributed by atoms with E-state index in [-0.39, 0.29) is 5.28 Å². The maximum Gasteiger partial charge on any atom is 0.248 e. The molecule has 1 heterocycles. The van der Waals surface area contributed by atoms with E-state index in [4.69, 9.17) is 34.8 Å². The molecular formula is C7H3Cl3N4. The van der Waals surface area contributed by atoms with Gasteiger partial charge in [-0.3, -0.25) is 0 Å². The highest BCUT2D eigenvalue weighted by Crippen LogP contribution is 2.28. The van der Waals surface area contributed by atoms with Gasteiger partial charge in [0.05, 0.1) is 15.7 Å². The van der Waals surface area contributed by atoms with Crippen LogP contribution in [0.2, 0.25) is 15.3 Å². The lowest BCUT2D eigenvalue weighted by Crippen LogP contribution is -1.97. The van der Waals surface area contributed by atoms with Crippen LogP contribution in [0.1, 0.15) is 0 Å². The lowest BCUT2D eigenvalue weighted by molar-refractivity contribution is 0.789. The minimum Gasteiger partial charge on any atom is -0.182 e. The lowest BCUT2D eigenvalue weighted by atomic mass is 10.3. The molecule has 1 aromatic heterocycles. The minimum atomic E-state index is 0.133. The fourth-order valence-corrected chi connectivity index (χ4v) is 1.51. The first-order valence-electron chi connectivity index (χ1n) is 3.58. The predicted octanol–water partition coefficient (Wildman–Crippen LogP) is 2.62. The molecule has 4 nitrogen and oxygen atoms in total. The number of hydrogen-bond acceptors (Lipinski definition) is 3. The van der Waals surface area contributed by atoms with Gasteiger partial charge in [-0.15, -0.1) is 0 Å². The summed E-state index contributed by atoms with van der Waals surface area (Å²) in [5.74, 6) is 0. The first-order chi connectivity index (χ1) is 6.70. The van der Waals surface area contributed by atoms with E-state index in [1.54, 1.807) is 18.2 Å². The van der Waals surface area contributed by atoms with Gasteiger partial charge in [0.1, 0.15) is 0 Å². The van der Waals surface area contributed by atoms with Crippen molar-refractivity contribution in [3.05, 3.63) is 33.5 Å². The lowest BCUT2D eigenvalue weighted by Gasteiger charge is -2.03. The van der Waals surface area contributed by atoms with E-state index in [9.17, 15) is 0 Å². The van der Waals surface area contributed by atoms with E-state index in [1.165, 1.54) is 4.68 Å². The van der Waals surface area contributed by atoms with Gasteiger partial charge in [0, 0.05) is 0 Å². The SMILES string of the molecule is Clc1cccc(-n2nnnc2Cl)c1Cl. The summed E-state index contributed by atoms with van der Waals surface area (Å²) in [6, 6.07) is 5.13. The molecule has 0 radical (unpaired) electrons. The van der Waals surface area contributed by atoms with Gasteiger partial charge < -0.3 is 0 Å². The van der Waals surface area contributed by atoms with Crippen molar-refractivity contribution in [2.75, 3.05) is 0 Å². The van der Waals surface area contributed by atoms with Gasteiger partial charge >= 0.3 is 0 Å². The number of hydrogen-bond donors (Lipinski definition) is 0. The Hall–Kier alpha value is -0.840. The summed E-state index contributed by atoms with van der Waals surface area (Å²) in [5.41, 5.74) is 0.550. The molecule has 0 aliphatic heterocycles. The zero-order chi connectivity index (χ0) is 10.1. The first kappa shape index (κ1) is 9.71. The second kappa shape index (κ2) is 3.73. The van der Waals surface area contributed by atoms with Crippen LogP contribution in [0.3, 0.4) is 0 Å². The molecule has 0 atom stereocenters. The van der Waals surface area contributed by atoms with Crippen molar-refractivity contribution in [2.45, 2.75) is 0 Å². The van der Waals surface area contributed by atoms with Crippen LogP contribution < -0.4 is 0 Å². The Kier molecular flexibility index (Phi) is 2.58. The van der Waals surface area contributed by atoms with Crippen LogP contribution in [-0.4, -0.2) is 20.2 Å². The Balaban J connectivity index is 2.63. The summed E-state index contributed by atoms with van der Waals surface area (Å²) in [4.78, 5) is 0. The van der Waals surface area contributed by atoms with E-state index in [1.807, 2.05) is 0 Å². The molecule has 14 heavy (non-hydrogen) atoms. The summed E-state index contributed by atoms with van der Waals surface area (Å²) in [6.45, 7) is 0. The summed E-state index contributed by atoms with van der Waals surface area (Å²) < 4.78 is 1.30. The van der Waals surface area contributed by atoms with Crippen molar-refractivity contribution in [3.63, 3.8) is 0 Å². The highest BCUT2D eigenvalue weighted by molar-refractivity contribution is 6.43. The zero-order valence-corrected chi connectivity index (χ0v) is 8.92. The van der Waals surface area contributed by atoms with Crippen LogP contribution in [0.25, 0.3) is 5.69 Å². The number of rotatable bonds is 1. The third-order valence-electron chi connectivity index (χ3n) is 1.59. The summed E-state index contributed by atoms with van der Waals surface area (Å²) in [7, 11) is 0. The van der Waals surface area contributed by atoms with Crippen molar-refractivity contribution < 1.29 is 0 Å². The van der Waals surface area contributed by atoms with Gasteiger partial charge in [-0.05, 0) is 34.2 Å². The number of nitrogens with zero attached hydrogens (tertiary/aromatic N) is 4. The fourth-order valence-electron chi connectivity index (χ4n) is 0.980. The molecule has 2 aromatic rings. The van der Waals surface area contributed by atoms with Gasteiger partial charge in [-0.2, -0.15) is 4.68 Å². The van der Waals surface area contributed by atoms with Gasteiger partial charge in [-0.1, -0.05) is 34.4 Å². The molecule has 0 saturated heterocycles. The Labute approximate surface area is 94.4 Å². The van der Waals surface area contributed by atoms with Crippen LogP contribution in [0.5, 0.6) is 0 Å². The Morgan fingerprint density at radius 1 is 1.14 bits per heavy atom. The van der Waals surface area contributed by atoms with Gasteiger partial charge in [-0.25, -0.2) is 0 Å².